The van der Waals surface area contributed by atoms with Crippen molar-refractivity contribution < 1.29 is 4.74 Å². The lowest BCUT2D eigenvalue weighted by atomic mass is 9.82. The van der Waals surface area contributed by atoms with Gasteiger partial charge in [0.05, 0.1) is 6.61 Å². The Morgan fingerprint density at radius 3 is 2.41 bits per heavy atom. The van der Waals surface area contributed by atoms with Crippen LogP contribution in [0.15, 0.2) is 6.07 Å². The normalized spacial score (nSPS) is 23.5. The molecule has 9 nitrogen and oxygen atoms in total. The highest BCUT2D eigenvalue weighted by Gasteiger charge is 2.22. The zero-order valence-corrected chi connectivity index (χ0v) is 23.2. The van der Waals surface area contributed by atoms with Crippen molar-refractivity contribution in [2.45, 2.75) is 70.8 Å². The van der Waals surface area contributed by atoms with Gasteiger partial charge in [-0.15, -0.1) is 0 Å². The molecule has 1 aromatic rings. The van der Waals surface area contributed by atoms with Gasteiger partial charge in [-0.25, -0.2) is 0 Å². The first-order valence-electron chi connectivity index (χ1n) is 15.1. The monoisotopic (exact) mass is 516 g/mol. The van der Waals surface area contributed by atoms with Gasteiger partial charge in [0.15, 0.2) is 0 Å². The molecule has 1 aliphatic heterocycles. The lowest BCUT2D eigenvalue weighted by molar-refractivity contribution is 0.111. The average Bonchev–Trinajstić information content (AvgIpc) is 3.44. The molecule has 1 saturated heterocycles. The van der Waals surface area contributed by atoms with Gasteiger partial charge in [0.25, 0.3) is 0 Å². The van der Waals surface area contributed by atoms with E-state index < -0.39 is 0 Å². The zero-order valence-electron chi connectivity index (χ0n) is 23.2. The largest absolute Gasteiger partial charge is 0.383 e. The van der Waals surface area contributed by atoms with E-state index in [1.165, 1.54) is 64.3 Å². The van der Waals surface area contributed by atoms with Crippen molar-refractivity contribution >= 4 is 17.6 Å². The van der Waals surface area contributed by atoms with Crippen LogP contribution in [0.2, 0.25) is 0 Å². The quantitative estimate of drug-likeness (QED) is 0.262. The summed E-state index contributed by atoms with van der Waals surface area (Å²) >= 11 is 0. The van der Waals surface area contributed by atoms with Crippen LogP contribution >= 0.6 is 0 Å². The molecule has 0 spiro atoms. The van der Waals surface area contributed by atoms with Gasteiger partial charge in [-0.2, -0.15) is 9.97 Å². The summed E-state index contributed by atoms with van der Waals surface area (Å²) in [7, 11) is 0. The number of piperazine rings is 1. The fraction of sp³-hybridized carbons (Fsp3) is 0.857. The molecule has 2 aliphatic carbocycles. The number of aromatic nitrogens is 2. The van der Waals surface area contributed by atoms with Crippen LogP contribution in [0.3, 0.4) is 0 Å². The molecule has 4 rings (SSSR count). The molecule has 0 aromatic carbocycles. The first-order chi connectivity index (χ1) is 18.2. The van der Waals surface area contributed by atoms with E-state index in [4.69, 9.17) is 15.5 Å². The van der Waals surface area contributed by atoms with Crippen molar-refractivity contribution in [3.63, 3.8) is 0 Å². The van der Waals surface area contributed by atoms with E-state index in [1.54, 1.807) is 0 Å². The van der Waals surface area contributed by atoms with Crippen LogP contribution in [0.1, 0.15) is 64.7 Å². The maximum Gasteiger partial charge on any atom is 0.226 e. The van der Waals surface area contributed by atoms with Crippen molar-refractivity contribution in [1.29, 1.82) is 0 Å². The van der Waals surface area contributed by atoms with Crippen LogP contribution in [0, 0.1) is 11.8 Å². The molecule has 0 atom stereocenters. The Morgan fingerprint density at radius 2 is 1.68 bits per heavy atom. The molecule has 5 N–H and O–H groups in total. The molecule has 0 radical (unpaired) electrons. The minimum absolute atomic E-state index is 0.541. The number of nitrogen functional groups attached to an aromatic ring is 1. The van der Waals surface area contributed by atoms with Gasteiger partial charge >= 0.3 is 0 Å². The molecule has 2 heterocycles. The lowest BCUT2D eigenvalue weighted by Crippen LogP contribution is -2.47. The van der Waals surface area contributed by atoms with Crippen LogP contribution in [0.4, 0.5) is 17.6 Å². The number of ether oxygens (including phenoxy) is 1. The smallest absolute Gasteiger partial charge is 0.226 e. The second kappa shape index (κ2) is 15.7. The fourth-order valence-electron chi connectivity index (χ4n) is 6.06. The van der Waals surface area contributed by atoms with Crippen molar-refractivity contribution in [2.75, 3.05) is 88.1 Å². The summed E-state index contributed by atoms with van der Waals surface area (Å²) in [4.78, 5) is 14.1. The highest BCUT2D eigenvalue weighted by Crippen LogP contribution is 2.29. The average molecular weight is 517 g/mol. The molecule has 0 bridgehead atoms. The third kappa shape index (κ3) is 9.85. The van der Waals surface area contributed by atoms with Crippen molar-refractivity contribution in [1.82, 2.24) is 25.5 Å². The molecule has 9 heteroatoms. The third-order valence-electron chi connectivity index (χ3n) is 8.45. The SMILES string of the molecule is CCOCCN1CCN(c2cc(N)nc(NCC3CCC(CNCCCNC4CCCC4)CC3)n2)CC1. The number of hydrogen-bond donors (Lipinski definition) is 4. The Kier molecular flexibility index (Phi) is 12.0. The number of nitrogens with zero attached hydrogens (tertiary/aromatic N) is 4. The predicted molar refractivity (Wildman–Crippen MR) is 153 cm³/mol. The zero-order chi connectivity index (χ0) is 25.7. The Labute approximate surface area is 224 Å². The topological polar surface area (TPSA) is 104 Å². The molecular formula is C28H52N8O. The molecule has 0 unspecified atom stereocenters. The second-order valence-corrected chi connectivity index (χ2v) is 11.3. The highest BCUT2D eigenvalue weighted by molar-refractivity contribution is 5.51. The van der Waals surface area contributed by atoms with Gasteiger partial charge in [0.1, 0.15) is 11.6 Å². The summed E-state index contributed by atoms with van der Waals surface area (Å²) in [5, 5.41) is 10.9. The van der Waals surface area contributed by atoms with Gasteiger partial charge in [-0.1, -0.05) is 12.8 Å². The maximum absolute atomic E-state index is 6.15. The number of hydrogen-bond acceptors (Lipinski definition) is 9. The molecule has 37 heavy (non-hydrogen) atoms. The van der Waals surface area contributed by atoms with Gasteiger partial charge in [-0.05, 0) is 83.3 Å². The minimum Gasteiger partial charge on any atom is -0.383 e. The minimum atomic E-state index is 0.541. The number of rotatable bonds is 15. The van der Waals surface area contributed by atoms with Crippen LogP contribution in [-0.2, 0) is 4.74 Å². The Morgan fingerprint density at radius 1 is 0.946 bits per heavy atom. The van der Waals surface area contributed by atoms with Crippen molar-refractivity contribution in [2.24, 2.45) is 11.8 Å². The predicted octanol–water partition coefficient (Wildman–Crippen LogP) is 2.95. The summed E-state index contributed by atoms with van der Waals surface area (Å²) in [6.45, 7) is 13.0. The first kappa shape index (κ1) is 28.3. The van der Waals surface area contributed by atoms with Crippen molar-refractivity contribution in [3.05, 3.63) is 6.07 Å². The van der Waals surface area contributed by atoms with E-state index in [0.717, 1.165) is 83.3 Å². The Balaban J connectivity index is 1.09. The molecule has 210 valence electrons. The Hall–Kier alpha value is -1.68. The van der Waals surface area contributed by atoms with Gasteiger partial charge in [0.2, 0.25) is 5.95 Å². The van der Waals surface area contributed by atoms with Crippen LogP contribution in [0.25, 0.3) is 0 Å². The van der Waals surface area contributed by atoms with Gasteiger partial charge in [-0.3, -0.25) is 4.90 Å². The number of nitrogens with two attached hydrogens (primary N) is 1. The molecular weight excluding hydrogens is 464 g/mol. The van der Waals surface area contributed by atoms with E-state index in [-0.39, 0.29) is 0 Å². The molecule has 2 saturated carbocycles. The van der Waals surface area contributed by atoms with Crippen LogP contribution in [0.5, 0.6) is 0 Å². The van der Waals surface area contributed by atoms with E-state index in [9.17, 15) is 0 Å². The summed E-state index contributed by atoms with van der Waals surface area (Å²) < 4.78 is 5.50. The number of nitrogens with one attached hydrogen (secondary N) is 3. The van der Waals surface area contributed by atoms with E-state index in [2.05, 4.69) is 30.7 Å². The van der Waals surface area contributed by atoms with Gasteiger partial charge in [0, 0.05) is 58.0 Å². The van der Waals surface area contributed by atoms with Crippen LogP contribution < -0.4 is 26.6 Å². The Bertz CT molecular complexity index is 759. The second-order valence-electron chi connectivity index (χ2n) is 11.3. The van der Waals surface area contributed by atoms with Crippen LogP contribution in [-0.4, -0.2) is 93.0 Å². The summed E-state index contributed by atoms with van der Waals surface area (Å²) in [5.74, 6) is 3.66. The maximum atomic E-state index is 6.15. The van der Waals surface area contributed by atoms with E-state index >= 15 is 0 Å². The van der Waals surface area contributed by atoms with Crippen molar-refractivity contribution in [3.8, 4) is 0 Å². The molecule has 1 aromatic heterocycles. The number of anilines is 3. The lowest BCUT2D eigenvalue weighted by Gasteiger charge is -2.35. The molecule has 3 fully saturated rings. The first-order valence-corrected chi connectivity index (χ1v) is 15.1. The molecule has 3 aliphatic rings. The fourth-order valence-corrected chi connectivity index (χ4v) is 6.06. The summed E-state index contributed by atoms with van der Waals surface area (Å²) in [6, 6.07) is 2.70. The molecule has 0 amide bonds. The van der Waals surface area contributed by atoms with E-state index in [0.29, 0.717) is 17.7 Å². The summed E-state index contributed by atoms with van der Waals surface area (Å²) in [6.07, 6.45) is 12.0. The van der Waals surface area contributed by atoms with Gasteiger partial charge < -0.3 is 31.3 Å². The third-order valence-corrected chi connectivity index (χ3v) is 8.45. The summed E-state index contributed by atoms with van der Waals surface area (Å²) in [5.41, 5.74) is 6.15. The highest BCUT2D eigenvalue weighted by atomic mass is 16.5. The van der Waals surface area contributed by atoms with E-state index in [1.807, 2.05) is 13.0 Å². The standard InChI is InChI=1S/C28H52N8O/c1-2-37-19-18-35-14-16-36(17-15-35)27-20-26(29)33-28(34-27)32-22-24-10-8-23(9-11-24)21-30-12-5-13-31-25-6-3-4-7-25/h20,23-25,30-31H,2-19,21-22H2,1H3,(H3,29,32,33,34).